The van der Waals surface area contributed by atoms with Crippen molar-refractivity contribution in [2.24, 2.45) is 5.41 Å². The second-order valence-corrected chi connectivity index (χ2v) is 11.9. The van der Waals surface area contributed by atoms with E-state index in [0.717, 1.165) is 21.7 Å². The lowest BCUT2D eigenvalue weighted by Crippen LogP contribution is -2.57. The molecular weight excluding hydrogens is 520 g/mol. The van der Waals surface area contributed by atoms with Crippen molar-refractivity contribution in [3.05, 3.63) is 41.0 Å². The average Bonchev–Trinajstić information content (AvgIpc) is 3.48. The number of hydrogen-bond acceptors (Lipinski definition) is 7. The summed E-state index contributed by atoms with van der Waals surface area (Å²) in [6, 6.07) is 6.06. The van der Waals surface area contributed by atoms with E-state index in [1.807, 2.05) is 52.0 Å². The lowest BCUT2D eigenvalue weighted by Gasteiger charge is -2.35. The van der Waals surface area contributed by atoms with E-state index in [1.54, 1.807) is 16.8 Å². The number of nitrogens with one attached hydrogen (secondary N) is 2. The van der Waals surface area contributed by atoms with Gasteiger partial charge in [0.1, 0.15) is 12.1 Å². The fraction of sp³-hybridized carbons (Fsp3) is 0.536. The van der Waals surface area contributed by atoms with Crippen molar-refractivity contribution < 1.29 is 29.4 Å². The van der Waals surface area contributed by atoms with Gasteiger partial charge in [-0.15, -0.1) is 11.3 Å². The van der Waals surface area contributed by atoms with E-state index >= 15 is 0 Å². The van der Waals surface area contributed by atoms with Gasteiger partial charge in [-0.2, -0.15) is 0 Å². The van der Waals surface area contributed by atoms with Gasteiger partial charge in [0, 0.05) is 32.4 Å². The Hall–Kier alpha value is -3.31. The highest BCUT2D eigenvalue weighted by Crippen LogP contribution is 2.28. The number of carbonyl (C=O) groups excluding carboxylic acids is 3. The Bertz CT molecular complexity index is 1170. The van der Waals surface area contributed by atoms with Crippen molar-refractivity contribution in [1.29, 1.82) is 0 Å². The Morgan fingerprint density at radius 2 is 1.79 bits per heavy atom. The van der Waals surface area contributed by atoms with Crippen LogP contribution in [0.15, 0.2) is 29.8 Å². The number of carbonyl (C=O) groups is 4. The third kappa shape index (κ3) is 8.34. The molecule has 2 heterocycles. The van der Waals surface area contributed by atoms with Gasteiger partial charge in [-0.25, -0.2) is 4.98 Å². The molecule has 0 spiro atoms. The summed E-state index contributed by atoms with van der Waals surface area (Å²) in [5.74, 6) is -2.07. The van der Waals surface area contributed by atoms with Crippen LogP contribution in [0.2, 0.25) is 0 Å². The molecule has 4 N–H and O–H groups in total. The lowest BCUT2D eigenvalue weighted by molar-refractivity contribution is -0.144. The first-order valence-electron chi connectivity index (χ1n) is 13.1. The highest BCUT2D eigenvalue weighted by Gasteiger charge is 2.44. The summed E-state index contributed by atoms with van der Waals surface area (Å²) in [6.45, 7) is 7.69. The van der Waals surface area contributed by atoms with Gasteiger partial charge in [-0.3, -0.25) is 19.2 Å². The number of nitrogens with zero attached hydrogens (tertiary/aromatic N) is 2. The first-order valence-corrected chi connectivity index (χ1v) is 14.0. The fourth-order valence-corrected chi connectivity index (χ4v) is 5.39. The number of hydrogen-bond donors (Lipinski definition) is 4. The van der Waals surface area contributed by atoms with Crippen molar-refractivity contribution in [1.82, 2.24) is 20.5 Å². The number of unbranched alkanes of at least 4 members (excludes halogenated alkanes) is 1. The number of carboxylic acid groups (broad SMARTS) is 1. The highest BCUT2D eigenvalue weighted by molar-refractivity contribution is 7.13. The van der Waals surface area contributed by atoms with Gasteiger partial charge in [-0.05, 0) is 36.3 Å². The van der Waals surface area contributed by atoms with Crippen molar-refractivity contribution in [2.75, 3.05) is 6.54 Å². The molecule has 1 aromatic heterocycles. The van der Waals surface area contributed by atoms with Gasteiger partial charge in [0.05, 0.1) is 22.2 Å². The summed E-state index contributed by atoms with van der Waals surface area (Å²) < 4.78 is 0. The summed E-state index contributed by atoms with van der Waals surface area (Å²) in [4.78, 5) is 56.7. The SMILES string of the molecule is Cc1ncsc1-c1ccc(CNC(=O)[C@@H]2C[C@@H](O)CN2C(=O)[C@H](NC(=O)CCCCC(=O)O)C(C)(C)C)cc1. The molecule has 212 valence electrons. The van der Waals surface area contributed by atoms with Crippen molar-refractivity contribution in [3.63, 3.8) is 0 Å². The number of aliphatic carboxylic acids is 1. The molecule has 11 heteroatoms. The molecule has 3 amide bonds. The second kappa shape index (κ2) is 13.2. The van der Waals surface area contributed by atoms with Crippen LogP contribution in [0.25, 0.3) is 10.4 Å². The first-order chi connectivity index (χ1) is 18.4. The molecular formula is C28H38N4O6S. The third-order valence-electron chi connectivity index (χ3n) is 6.76. The zero-order chi connectivity index (χ0) is 28.7. The normalized spacial score (nSPS) is 18.0. The third-order valence-corrected chi connectivity index (χ3v) is 7.73. The molecule has 1 aliphatic rings. The van der Waals surface area contributed by atoms with E-state index in [-0.39, 0.29) is 44.2 Å². The lowest BCUT2D eigenvalue weighted by atomic mass is 9.85. The number of amides is 3. The summed E-state index contributed by atoms with van der Waals surface area (Å²) in [5, 5.41) is 24.8. The molecule has 1 aliphatic heterocycles. The van der Waals surface area contributed by atoms with Crippen LogP contribution in [0.5, 0.6) is 0 Å². The molecule has 0 bridgehead atoms. The van der Waals surface area contributed by atoms with E-state index in [4.69, 9.17) is 5.11 Å². The topological polar surface area (TPSA) is 149 Å². The molecule has 0 radical (unpaired) electrons. The van der Waals surface area contributed by atoms with Crippen LogP contribution >= 0.6 is 11.3 Å². The summed E-state index contributed by atoms with van der Waals surface area (Å²) in [6.07, 6.45) is 0.0982. The predicted octanol–water partition coefficient (Wildman–Crippen LogP) is 2.87. The number of rotatable bonds is 11. The number of thiazole rings is 1. The van der Waals surface area contributed by atoms with E-state index in [1.165, 1.54) is 4.90 Å². The number of carboxylic acids is 1. The molecule has 3 atom stereocenters. The van der Waals surface area contributed by atoms with Gasteiger partial charge >= 0.3 is 5.97 Å². The molecule has 3 rings (SSSR count). The fourth-order valence-electron chi connectivity index (χ4n) is 4.58. The number of aliphatic hydroxyl groups is 1. The molecule has 0 unspecified atom stereocenters. The zero-order valence-corrected chi connectivity index (χ0v) is 23.7. The van der Waals surface area contributed by atoms with Gasteiger partial charge < -0.3 is 25.7 Å². The number of benzene rings is 1. The Morgan fingerprint density at radius 1 is 1.13 bits per heavy atom. The molecule has 10 nitrogen and oxygen atoms in total. The maximum atomic E-state index is 13.6. The van der Waals surface area contributed by atoms with Crippen LogP contribution in [0.1, 0.15) is 64.1 Å². The molecule has 2 aromatic rings. The van der Waals surface area contributed by atoms with Crippen LogP contribution < -0.4 is 10.6 Å². The number of likely N-dealkylation sites (tertiary alicyclic amines) is 1. The predicted molar refractivity (Wildman–Crippen MR) is 148 cm³/mol. The maximum absolute atomic E-state index is 13.6. The molecule has 1 aromatic carbocycles. The smallest absolute Gasteiger partial charge is 0.303 e. The van der Waals surface area contributed by atoms with Gasteiger partial charge in [0.15, 0.2) is 0 Å². The van der Waals surface area contributed by atoms with Crippen molar-refractivity contribution >= 4 is 35.0 Å². The summed E-state index contributed by atoms with van der Waals surface area (Å²) in [7, 11) is 0. The van der Waals surface area contributed by atoms with E-state index in [9.17, 15) is 24.3 Å². The number of aromatic nitrogens is 1. The van der Waals surface area contributed by atoms with E-state index in [0.29, 0.717) is 12.8 Å². The first kappa shape index (κ1) is 30.2. The molecule has 0 saturated carbocycles. The minimum absolute atomic E-state index is 0.000872. The number of aliphatic hydroxyl groups excluding tert-OH is 1. The van der Waals surface area contributed by atoms with Crippen LogP contribution in [0.4, 0.5) is 0 Å². The summed E-state index contributed by atoms with van der Waals surface area (Å²) >= 11 is 1.57. The quantitative estimate of drug-likeness (QED) is 0.310. The van der Waals surface area contributed by atoms with Gasteiger partial charge in [-0.1, -0.05) is 45.0 Å². The van der Waals surface area contributed by atoms with Gasteiger partial charge in [0.25, 0.3) is 0 Å². The average molecular weight is 559 g/mol. The van der Waals surface area contributed by atoms with Crippen LogP contribution in [0, 0.1) is 12.3 Å². The Kier molecular flexibility index (Phi) is 10.2. The standard InChI is InChI=1S/C28H38N4O6S/c1-17-24(39-16-30-17)19-11-9-18(10-12-19)14-29-26(37)21-13-20(33)15-32(21)27(38)25(28(2,3)4)31-22(34)7-5-6-8-23(35)36/h9-12,16,20-21,25,33H,5-8,13-15H2,1-4H3,(H,29,37)(H,31,34)(H,35,36)/t20-,21+,25+/m1/s1. The monoisotopic (exact) mass is 558 g/mol. The number of aryl methyl sites for hydroxylation is 1. The van der Waals surface area contributed by atoms with E-state index in [2.05, 4.69) is 15.6 Å². The Morgan fingerprint density at radius 3 is 2.38 bits per heavy atom. The van der Waals surface area contributed by atoms with Crippen LogP contribution in [-0.2, 0) is 25.7 Å². The molecule has 39 heavy (non-hydrogen) atoms. The Balaban J connectivity index is 1.62. The highest BCUT2D eigenvalue weighted by atomic mass is 32.1. The summed E-state index contributed by atoms with van der Waals surface area (Å²) in [5.41, 5.74) is 4.07. The second-order valence-electron chi connectivity index (χ2n) is 11.0. The van der Waals surface area contributed by atoms with Gasteiger partial charge in [0.2, 0.25) is 17.7 Å². The molecule has 0 aliphatic carbocycles. The van der Waals surface area contributed by atoms with E-state index < -0.39 is 35.5 Å². The minimum atomic E-state index is -0.918. The molecule has 1 saturated heterocycles. The maximum Gasteiger partial charge on any atom is 0.303 e. The Labute approximate surface area is 232 Å². The largest absolute Gasteiger partial charge is 0.481 e. The molecule has 1 fully saturated rings. The van der Waals surface area contributed by atoms with Crippen molar-refractivity contribution in [2.45, 2.75) is 84.5 Å². The van der Waals surface area contributed by atoms with Crippen LogP contribution in [0.3, 0.4) is 0 Å². The van der Waals surface area contributed by atoms with Crippen LogP contribution in [-0.4, -0.2) is 68.5 Å². The zero-order valence-electron chi connectivity index (χ0n) is 22.9. The van der Waals surface area contributed by atoms with Crippen molar-refractivity contribution in [3.8, 4) is 10.4 Å². The minimum Gasteiger partial charge on any atom is -0.481 e. The number of β-amino-alcohol motifs (C(OH)–C–C–N with tert-alkyl or cyclic N) is 1.